The van der Waals surface area contributed by atoms with Crippen LogP contribution in [0.4, 0.5) is 18.9 Å². The van der Waals surface area contributed by atoms with Crippen LogP contribution < -0.4 is 10.6 Å². The van der Waals surface area contributed by atoms with E-state index >= 15 is 0 Å². The Morgan fingerprint density at radius 2 is 1.96 bits per heavy atom. The molecular weight excluding hydrogens is 365 g/mol. The summed E-state index contributed by atoms with van der Waals surface area (Å²) in [5, 5.41) is 12.6. The molecule has 0 saturated heterocycles. The summed E-state index contributed by atoms with van der Waals surface area (Å²) in [6.07, 6.45) is -1.61. The monoisotopic (exact) mass is 384 g/mol. The number of carbonyl (C=O) groups is 2. The van der Waals surface area contributed by atoms with Gasteiger partial charge in [-0.3, -0.25) is 19.0 Å². The summed E-state index contributed by atoms with van der Waals surface area (Å²) in [5.74, 6) is -1.11. The summed E-state index contributed by atoms with van der Waals surface area (Å²) >= 11 is 0. The minimum atomic E-state index is -4.58. The number of halogens is 3. The number of nitrogens with zero attached hydrogens (tertiary/aromatic N) is 4. The van der Waals surface area contributed by atoms with Crippen molar-refractivity contribution in [2.45, 2.75) is 37.9 Å². The van der Waals surface area contributed by atoms with Crippen LogP contribution in [0.3, 0.4) is 0 Å². The lowest BCUT2D eigenvalue weighted by atomic mass is 10.2. The first-order valence-electron chi connectivity index (χ1n) is 8.35. The van der Waals surface area contributed by atoms with Crippen molar-refractivity contribution in [3.63, 3.8) is 0 Å². The molecule has 27 heavy (non-hydrogen) atoms. The lowest BCUT2D eigenvalue weighted by molar-refractivity contribution is -0.141. The number of rotatable bonds is 5. The number of amides is 2. The number of anilines is 1. The summed E-state index contributed by atoms with van der Waals surface area (Å²) in [6.45, 7) is 1.46. The van der Waals surface area contributed by atoms with E-state index in [4.69, 9.17) is 0 Å². The van der Waals surface area contributed by atoms with Crippen LogP contribution in [0.15, 0.2) is 12.3 Å². The van der Waals surface area contributed by atoms with E-state index in [1.54, 1.807) is 7.05 Å². The zero-order chi connectivity index (χ0) is 19.9. The second-order valence-electron chi connectivity index (χ2n) is 6.48. The third-order valence-corrected chi connectivity index (χ3v) is 4.33. The van der Waals surface area contributed by atoms with Gasteiger partial charge in [0.15, 0.2) is 11.4 Å². The molecule has 2 aromatic rings. The molecule has 8 nitrogen and oxygen atoms in total. The van der Waals surface area contributed by atoms with Crippen LogP contribution in [0, 0.1) is 0 Å². The van der Waals surface area contributed by atoms with Gasteiger partial charge in [0, 0.05) is 31.9 Å². The molecule has 2 amide bonds. The van der Waals surface area contributed by atoms with Gasteiger partial charge in [-0.2, -0.15) is 23.4 Å². The summed E-state index contributed by atoms with van der Waals surface area (Å²) in [4.78, 5) is 24.5. The van der Waals surface area contributed by atoms with Gasteiger partial charge in [0.1, 0.15) is 6.04 Å². The third kappa shape index (κ3) is 3.81. The van der Waals surface area contributed by atoms with Crippen molar-refractivity contribution in [1.82, 2.24) is 24.9 Å². The van der Waals surface area contributed by atoms with Gasteiger partial charge in [0.25, 0.3) is 5.91 Å². The third-order valence-electron chi connectivity index (χ3n) is 4.33. The molecule has 0 aliphatic heterocycles. The fourth-order valence-corrected chi connectivity index (χ4v) is 2.76. The molecule has 1 unspecified atom stereocenters. The molecular formula is C16H19F3N6O2. The first kappa shape index (κ1) is 18.9. The zero-order valence-electron chi connectivity index (χ0n) is 15.0. The standard InChI is InChI=1S/C16H19F3N6O2/c1-8(14(26)21-10-7-24(3)23-13(10)15(27)20-2)25-11(9-4-5-9)6-12(22-25)16(17,18)19/h6-9H,4-5H2,1-3H3,(H,20,27)(H,21,26). The van der Waals surface area contributed by atoms with Crippen molar-refractivity contribution in [3.05, 3.63) is 29.3 Å². The Kier molecular flexibility index (Phi) is 4.70. The highest BCUT2D eigenvalue weighted by Crippen LogP contribution is 2.43. The van der Waals surface area contributed by atoms with Gasteiger partial charge in [-0.1, -0.05) is 0 Å². The van der Waals surface area contributed by atoms with Crippen molar-refractivity contribution >= 4 is 17.5 Å². The molecule has 0 spiro atoms. The van der Waals surface area contributed by atoms with E-state index in [0.29, 0.717) is 5.69 Å². The van der Waals surface area contributed by atoms with Gasteiger partial charge >= 0.3 is 6.18 Å². The van der Waals surface area contributed by atoms with E-state index in [1.165, 1.54) is 24.9 Å². The predicted octanol–water partition coefficient (Wildman–Crippen LogP) is 2.07. The molecule has 1 aliphatic rings. The first-order valence-corrected chi connectivity index (χ1v) is 8.35. The molecule has 11 heteroatoms. The minimum Gasteiger partial charge on any atom is -0.354 e. The van der Waals surface area contributed by atoms with Gasteiger partial charge in [-0.25, -0.2) is 0 Å². The second kappa shape index (κ2) is 6.71. The van der Waals surface area contributed by atoms with Crippen molar-refractivity contribution in [3.8, 4) is 0 Å². The smallest absolute Gasteiger partial charge is 0.354 e. The highest BCUT2D eigenvalue weighted by molar-refractivity contribution is 6.02. The van der Waals surface area contributed by atoms with E-state index in [1.807, 2.05) is 0 Å². The van der Waals surface area contributed by atoms with Gasteiger partial charge in [0.2, 0.25) is 5.91 Å². The van der Waals surface area contributed by atoms with Crippen LogP contribution in [0.2, 0.25) is 0 Å². The molecule has 1 aliphatic carbocycles. The number of aromatic nitrogens is 4. The van der Waals surface area contributed by atoms with E-state index in [-0.39, 0.29) is 17.3 Å². The molecule has 0 bridgehead atoms. The molecule has 2 N–H and O–H groups in total. The molecule has 0 radical (unpaired) electrons. The fraction of sp³-hybridized carbons (Fsp3) is 0.500. The number of hydrogen-bond acceptors (Lipinski definition) is 4. The molecule has 1 fully saturated rings. The normalized spacial score (nSPS) is 15.5. The van der Waals surface area contributed by atoms with E-state index < -0.39 is 29.7 Å². The molecule has 146 valence electrons. The Morgan fingerprint density at radius 3 is 2.52 bits per heavy atom. The average molecular weight is 384 g/mol. The van der Waals surface area contributed by atoms with Crippen molar-refractivity contribution in [2.24, 2.45) is 7.05 Å². The Morgan fingerprint density at radius 1 is 1.30 bits per heavy atom. The largest absolute Gasteiger partial charge is 0.435 e. The molecule has 2 heterocycles. The maximum absolute atomic E-state index is 13.0. The van der Waals surface area contributed by atoms with Gasteiger partial charge < -0.3 is 10.6 Å². The molecule has 0 aromatic carbocycles. The molecule has 1 saturated carbocycles. The van der Waals surface area contributed by atoms with Crippen LogP contribution in [-0.2, 0) is 18.0 Å². The second-order valence-corrected chi connectivity index (χ2v) is 6.48. The zero-order valence-corrected chi connectivity index (χ0v) is 15.0. The molecule has 1 atom stereocenters. The maximum atomic E-state index is 13.0. The maximum Gasteiger partial charge on any atom is 0.435 e. The summed E-state index contributed by atoms with van der Waals surface area (Å²) in [6, 6.07) is 0.0102. The highest BCUT2D eigenvalue weighted by atomic mass is 19.4. The Labute approximate surface area is 152 Å². The number of nitrogens with one attached hydrogen (secondary N) is 2. The van der Waals surface area contributed by atoms with Gasteiger partial charge in [-0.15, -0.1) is 0 Å². The van der Waals surface area contributed by atoms with Crippen LogP contribution >= 0.6 is 0 Å². The predicted molar refractivity (Wildman–Crippen MR) is 89.1 cm³/mol. The summed E-state index contributed by atoms with van der Waals surface area (Å²) < 4.78 is 41.6. The van der Waals surface area contributed by atoms with Crippen LogP contribution in [0.1, 0.15) is 53.6 Å². The summed E-state index contributed by atoms with van der Waals surface area (Å²) in [5.41, 5.74) is -0.441. The van der Waals surface area contributed by atoms with Crippen molar-refractivity contribution < 1.29 is 22.8 Å². The van der Waals surface area contributed by atoms with Crippen LogP contribution in [-0.4, -0.2) is 38.4 Å². The number of aryl methyl sites for hydroxylation is 1. The van der Waals surface area contributed by atoms with E-state index in [0.717, 1.165) is 23.6 Å². The lowest BCUT2D eigenvalue weighted by Crippen LogP contribution is -2.27. The van der Waals surface area contributed by atoms with Crippen molar-refractivity contribution in [2.75, 3.05) is 12.4 Å². The van der Waals surface area contributed by atoms with E-state index in [9.17, 15) is 22.8 Å². The Hall–Kier alpha value is -2.85. The number of alkyl halides is 3. The van der Waals surface area contributed by atoms with E-state index in [2.05, 4.69) is 20.8 Å². The van der Waals surface area contributed by atoms with Crippen molar-refractivity contribution in [1.29, 1.82) is 0 Å². The van der Waals surface area contributed by atoms with Crippen LogP contribution in [0.25, 0.3) is 0 Å². The van der Waals surface area contributed by atoms with Crippen LogP contribution in [0.5, 0.6) is 0 Å². The fourth-order valence-electron chi connectivity index (χ4n) is 2.76. The SMILES string of the molecule is CNC(=O)c1nn(C)cc1NC(=O)C(C)n1nc(C(F)(F)F)cc1C1CC1. The molecule has 3 rings (SSSR count). The quantitative estimate of drug-likeness (QED) is 0.825. The number of carbonyl (C=O) groups excluding carboxylic acids is 2. The lowest BCUT2D eigenvalue weighted by Gasteiger charge is -2.15. The minimum absolute atomic E-state index is 0.0133. The first-order chi connectivity index (χ1) is 12.6. The average Bonchev–Trinajstić information content (AvgIpc) is 3.23. The van der Waals surface area contributed by atoms with Gasteiger partial charge in [0.05, 0.1) is 5.69 Å². The summed E-state index contributed by atoms with van der Waals surface area (Å²) in [7, 11) is 3.01. The Bertz CT molecular complexity index is 881. The number of hydrogen-bond donors (Lipinski definition) is 2. The molecule has 2 aromatic heterocycles. The Balaban J connectivity index is 1.86. The highest BCUT2D eigenvalue weighted by Gasteiger charge is 2.39. The topological polar surface area (TPSA) is 93.8 Å². The van der Waals surface area contributed by atoms with Gasteiger partial charge in [-0.05, 0) is 25.8 Å².